The number of rotatable bonds is 4. The van der Waals surface area contributed by atoms with Crippen molar-refractivity contribution in [3.8, 4) is 0 Å². The van der Waals surface area contributed by atoms with Crippen LogP contribution in [0.1, 0.15) is 16.1 Å². The van der Waals surface area contributed by atoms with Crippen LogP contribution in [0.3, 0.4) is 0 Å². The number of aromatic carboxylic acids is 1. The molecule has 1 aromatic heterocycles. The summed E-state index contributed by atoms with van der Waals surface area (Å²) in [5.41, 5.74) is 1.66. The van der Waals surface area contributed by atoms with Crippen LogP contribution in [-0.2, 0) is 6.54 Å². The number of carboxylic acid groups (broad SMARTS) is 1. The molecular weight excluding hydrogens is 264 g/mol. The molecule has 0 spiro atoms. The van der Waals surface area contributed by atoms with Crippen LogP contribution in [0.2, 0.25) is 5.02 Å². The van der Waals surface area contributed by atoms with Crippen LogP contribution in [0.5, 0.6) is 0 Å². The number of anilines is 1. The highest BCUT2D eigenvalue weighted by molar-refractivity contribution is 6.31. The molecule has 4 nitrogen and oxygen atoms in total. The van der Waals surface area contributed by atoms with Gasteiger partial charge < -0.3 is 10.0 Å². The number of nitrogens with zero attached hydrogens (tertiary/aromatic N) is 2. The van der Waals surface area contributed by atoms with E-state index in [0.29, 0.717) is 17.3 Å². The maximum absolute atomic E-state index is 11.2. The van der Waals surface area contributed by atoms with Gasteiger partial charge in [0.05, 0.1) is 23.5 Å². The highest BCUT2D eigenvalue weighted by atomic mass is 35.5. The van der Waals surface area contributed by atoms with Crippen LogP contribution in [0, 0.1) is 0 Å². The van der Waals surface area contributed by atoms with E-state index in [2.05, 4.69) is 4.98 Å². The molecule has 2 aromatic rings. The predicted octanol–water partition coefficient (Wildman–Crippen LogP) is 3.07. The Morgan fingerprint density at radius 3 is 2.79 bits per heavy atom. The summed E-state index contributed by atoms with van der Waals surface area (Å²) in [6, 6.07) is 10.4. The third-order valence-corrected chi connectivity index (χ3v) is 2.96. The number of hydrogen-bond donors (Lipinski definition) is 1. The fourth-order valence-corrected chi connectivity index (χ4v) is 1.99. The summed E-state index contributed by atoms with van der Waals surface area (Å²) in [7, 11) is 1.81. The van der Waals surface area contributed by atoms with Gasteiger partial charge in [-0.2, -0.15) is 0 Å². The molecular formula is C14H13ClN2O2. The molecule has 0 aliphatic rings. The first-order chi connectivity index (χ1) is 9.08. The lowest BCUT2D eigenvalue weighted by atomic mass is 10.1. The average molecular weight is 277 g/mol. The van der Waals surface area contributed by atoms with Crippen molar-refractivity contribution in [1.29, 1.82) is 0 Å². The second-order valence-electron chi connectivity index (χ2n) is 4.14. The summed E-state index contributed by atoms with van der Waals surface area (Å²) >= 11 is 5.93. The van der Waals surface area contributed by atoms with Crippen LogP contribution in [-0.4, -0.2) is 23.1 Å². The highest BCUT2D eigenvalue weighted by Gasteiger charge is 2.14. The Kier molecular flexibility index (Phi) is 4.02. The van der Waals surface area contributed by atoms with Gasteiger partial charge in [-0.25, -0.2) is 4.79 Å². The summed E-state index contributed by atoms with van der Waals surface area (Å²) in [5, 5.41) is 9.69. The molecule has 0 atom stereocenters. The Labute approximate surface area is 116 Å². The summed E-state index contributed by atoms with van der Waals surface area (Å²) in [6.07, 6.45) is 1.71. The van der Waals surface area contributed by atoms with Crippen LogP contribution >= 0.6 is 11.6 Å². The molecule has 2 rings (SSSR count). The van der Waals surface area contributed by atoms with Crippen LogP contribution in [0.15, 0.2) is 42.6 Å². The molecule has 0 bridgehead atoms. The van der Waals surface area contributed by atoms with Gasteiger partial charge in [-0.1, -0.05) is 17.7 Å². The molecule has 0 unspecified atom stereocenters. The lowest BCUT2D eigenvalue weighted by Crippen LogP contribution is -2.20. The Morgan fingerprint density at radius 1 is 1.37 bits per heavy atom. The van der Waals surface area contributed by atoms with Gasteiger partial charge in [0.25, 0.3) is 0 Å². The Balaban J connectivity index is 2.30. The molecule has 1 N–H and O–H groups in total. The Morgan fingerprint density at radius 2 is 2.16 bits per heavy atom. The Hall–Kier alpha value is -2.07. The lowest BCUT2D eigenvalue weighted by molar-refractivity contribution is 0.0697. The fourth-order valence-electron chi connectivity index (χ4n) is 1.82. The number of halogens is 1. The van der Waals surface area contributed by atoms with E-state index in [1.54, 1.807) is 18.3 Å². The minimum absolute atomic E-state index is 0.225. The molecule has 0 radical (unpaired) electrons. The minimum Gasteiger partial charge on any atom is -0.478 e. The third kappa shape index (κ3) is 3.23. The number of benzene rings is 1. The molecule has 0 saturated heterocycles. The number of aromatic nitrogens is 1. The molecule has 0 aliphatic heterocycles. The summed E-state index contributed by atoms with van der Waals surface area (Å²) in [6.45, 7) is 0.515. The monoisotopic (exact) mass is 276 g/mol. The van der Waals surface area contributed by atoms with E-state index >= 15 is 0 Å². The van der Waals surface area contributed by atoms with Gasteiger partial charge in [0.15, 0.2) is 0 Å². The van der Waals surface area contributed by atoms with Crippen molar-refractivity contribution >= 4 is 23.3 Å². The zero-order chi connectivity index (χ0) is 13.8. The standard InChI is InChI=1S/C14H13ClN2O2/c1-17(9-11-4-2-3-7-16-11)13-8-10(15)5-6-12(13)14(18)19/h2-8H,9H2,1H3,(H,18,19). The molecule has 5 heteroatoms. The molecule has 0 saturated carbocycles. The molecule has 1 aromatic carbocycles. The number of hydrogen-bond acceptors (Lipinski definition) is 3. The van der Waals surface area contributed by atoms with Crippen LogP contribution in [0.4, 0.5) is 5.69 Å². The van der Waals surface area contributed by atoms with Crippen LogP contribution in [0.25, 0.3) is 0 Å². The largest absolute Gasteiger partial charge is 0.478 e. The van der Waals surface area contributed by atoms with E-state index < -0.39 is 5.97 Å². The molecule has 0 amide bonds. The quantitative estimate of drug-likeness (QED) is 0.932. The predicted molar refractivity (Wildman–Crippen MR) is 74.8 cm³/mol. The molecule has 19 heavy (non-hydrogen) atoms. The molecule has 0 aliphatic carbocycles. The SMILES string of the molecule is CN(Cc1ccccn1)c1cc(Cl)ccc1C(=O)O. The number of pyridine rings is 1. The van der Waals surface area contributed by atoms with Crippen molar-refractivity contribution in [2.75, 3.05) is 11.9 Å². The summed E-state index contributed by atoms with van der Waals surface area (Å²) in [4.78, 5) is 17.2. The van der Waals surface area contributed by atoms with Gasteiger partial charge >= 0.3 is 5.97 Å². The number of carboxylic acids is 1. The van der Waals surface area contributed by atoms with Crippen LogP contribution < -0.4 is 4.90 Å². The second-order valence-corrected chi connectivity index (χ2v) is 4.58. The zero-order valence-corrected chi connectivity index (χ0v) is 11.1. The average Bonchev–Trinajstić information content (AvgIpc) is 2.39. The summed E-state index contributed by atoms with van der Waals surface area (Å²) in [5.74, 6) is -0.973. The van der Waals surface area contributed by atoms with Crippen molar-refractivity contribution in [2.24, 2.45) is 0 Å². The first-order valence-electron chi connectivity index (χ1n) is 5.72. The fraction of sp³-hybridized carbons (Fsp3) is 0.143. The van der Waals surface area contributed by atoms with Gasteiger partial charge in [0.2, 0.25) is 0 Å². The van der Waals surface area contributed by atoms with Gasteiger partial charge in [-0.3, -0.25) is 4.98 Å². The molecule has 98 valence electrons. The normalized spacial score (nSPS) is 10.2. The lowest BCUT2D eigenvalue weighted by Gasteiger charge is -2.21. The highest BCUT2D eigenvalue weighted by Crippen LogP contribution is 2.25. The van der Waals surface area contributed by atoms with Gasteiger partial charge in [0.1, 0.15) is 0 Å². The molecule has 1 heterocycles. The molecule has 0 fully saturated rings. The first kappa shape index (κ1) is 13.4. The van der Waals surface area contributed by atoms with E-state index in [0.717, 1.165) is 5.69 Å². The van der Waals surface area contributed by atoms with Crippen molar-refractivity contribution in [1.82, 2.24) is 4.98 Å². The van der Waals surface area contributed by atoms with Gasteiger partial charge in [-0.05, 0) is 30.3 Å². The van der Waals surface area contributed by atoms with E-state index in [4.69, 9.17) is 11.6 Å². The van der Waals surface area contributed by atoms with Crippen molar-refractivity contribution < 1.29 is 9.90 Å². The van der Waals surface area contributed by atoms with Crippen molar-refractivity contribution in [3.63, 3.8) is 0 Å². The zero-order valence-electron chi connectivity index (χ0n) is 10.4. The van der Waals surface area contributed by atoms with E-state index in [1.165, 1.54) is 6.07 Å². The number of carbonyl (C=O) groups is 1. The summed E-state index contributed by atoms with van der Waals surface area (Å²) < 4.78 is 0. The van der Waals surface area contributed by atoms with E-state index in [9.17, 15) is 9.90 Å². The van der Waals surface area contributed by atoms with Gasteiger partial charge in [0, 0.05) is 18.3 Å². The Bertz CT molecular complexity index is 587. The van der Waals surface area contributed by atoms with Crippen molar-refractivity contribution in [3.05, 3.63) is 58.9 Å². The third-order valence-electron chi connectivity index (χ3n) is 2.73. The van der Waals surface area contributed by atoms with Gasteiger partial charge in [-0.15, -0.1) is 0 Å². The van der Waals surface area contributed by atoms with E-state index in [-0.39, 0.29) is 5.56 Å². The topological polar surface area (TPSA) is 53.4 Å². The second kappa shape index (κ2) is 5.71. The first-order valence-corrected chi connectivity index (χ1v) is 6.09. The van der Waals surface area contributed by atoms with Crippen molar-refractivity contribution in [2.45, 2.75) is 6.54 Å². The maximum Gasteiger partial charge on any atom is 0.337 e. The maximum atomic E-state index is 11.2. The smallest absolute Gasteiger partial charge is 0.337 e. The van der Waals surface area contributed by atoms with E-state index in [1.807, 2.05) is 30.1 Å². The minimum atomic E-state index is -0.973.